The Morgan fingerprint density at radius 3 is 2.79 bits per heavy atom. The zero-order valence-electron chi connectivity index (χ0n) is 14.9. The molecule has 4 rings (SSSR count). The van der Waals surface area contributed by atoms with E-state index >= 15 is 0 Å². The van der Waals surface area contributed by atoms with Crippen molar-refractivity contribution in [2.75, 3.05) is 0 Å². The van der Waals surface area contributed by atoms with Crippen molar-refractivity contribution in [2.24, 2.45) is 16.7 Å². The molecule has 0 aromatic carbocycles. The highest BCUT2D eigenvalue weighted by molar-refractivity contribution is 5.88. The molecule has 0 N–H and O–H groups in total. The van der Waals surface area contributed by atoms with Gasteiger partial charge in [0, 0.05) is 30.6 Å². The van der Waals surface area contributed by atoms with Crippen molar-refractivity contribution in [1.82, 2.24) is 0 Å². The quantitative estimate of drug-likeness (QED) is 0.675. The molecule has 0 heterocycles. The van der Waals surface area contributed by atoms with Crippen LogP contribution in [0.1, 0.15) is 59.3 Å². The second kappa shape index (κ2) is 5.18. The summed E-state index contributed by atoms with van der Waals surface area (Å²) >= 11 is 0. The number of hydrogen-bond acceptors (Lipinski definition) is 3. The lowest BCUT2D eigenvalue weighted by molar-refractivity contribution is -0.147. The van der Waals surface area contributed by atoms with Gasteiger partial charge in [-0.25, -0.2) is 0 Å². The van der Waals surface area contributed by atoms with Crippen molar-refractivity contribution in [1.29, 1.82) is 0 Å². The van der Waals surface area contributed by atoms with Crippen LogP contribution in [0.25, 0.3) is 0 Å². The molecular formula is C21H26O3. The number of rotatable bonds is 1. The molecule has 0 saturated heterocycles. The van der Waals surface area contributed by atoms with Crippen molar-refractivity contribution in [3.63, 3.8) is 0 Å². The molecule has 0 bridgehead atoms. The Hall–Kier alpha value is -1.64. The van der Waals surface area contributed by atoms with E-state index < -0.39 is 0 Å². The Morgan fingerprint density at radius 1 is 1.25 bits per heavy atom. The number of Topliss-reactive ketones (excluding diaryl/α,β-unsaturated/α-hetero) is 1. The van der Waals surface area contributed by atoms with Gasteiger partial charge < -0.3 is 4.74 Å². The van der Waals surface area contributed by atoms with Gasteiger partial charge in [-0.05, 0) is 42.7 Å². The zero-order chi connectivity index (χ0) is 17.1. The van der Waals surface area contributed by atoms with Crippen molar-refractivity contribution in [3.05, 3.63) is 34.9 Å². The van der Waals surface area contributed by atoms with Gasteiger partial charge in [0.15, 0.2) is 0 Å². The Balaban J connectivity index is 1.70. The predicted octanol–water partition coefficient (Wildman–Crippen LogP) is 4.29. The van der Waals surface area contributed by atoms with Crippen LogP contribution in [0.3, 0.4) is 0 Å². The molecule has 0 spiro atoms. The van der Waals surface area contributed by atoms with Crippen molar-refractivity contribution in [3.8, 4) is 0 Å². The molecule has 4 atom stereocenters. The molecule has 0 radical (unpaired) electrons. The number of carbonyl (C=O) groups is 2. The summed E-state index contributed by atoms with van der Waals surface area (Å²) in [5.74, 6) is 0.626. The molecule has 3 nitrogen and oxygen atoms in total. The molecule has 4 aliphatic carbocycles. The average Bonchev–Trinajstić information content (AvgIpc) is 2.83. The molecule has 4 unspecified atom stereocenters. The summed E-state index contributed by atoms with van der Waals surface area (Å²) in [6, 6.07) is 0. The van der Waals surface area contributed by atoms with E-state index in [4.69, 9.17) is 4.74 Å². The van der Waals surface area contributed by atoms with Crippen LogP contribution >= 0.6 is 0 Å². The highest BCUT2D eigenvalue weighted by atomic mass is 16.5. The van der Waals surface area contributed by atoms with E-state index in [-0.39, 0.29) is 22.9 Å². The van der Waals surface area contributed by atoms with E-state index in [1.807, 2.05) is 0 Å². The maximum atomic E-state index is 12.4. The Labute approximate surface area is 143 Å². The molecule has 4 aliphatic rings. The lowest BCUT2D eigenvalue weighted by Gasteiger charge is -2.48. The van der Waals surface area contributed by atoms with Gasteiger partial charge in [-0.15, -0.1) is 0 Å². The SMILES string of the molecule is CC(=O)OC1CCC2(C)C(=CC=C3C2=CCC2(C)C(=O)CCC32)C1. The van der Waals surface area contributed by atoms with Gasteiger partial charge >= 0.3 is 5.97 Å². The van der Waals surface area contributed by atoms with Crippen LogP contribution in [0.4, 0.5) is 0 Å². The van der Waals surface area contributed by atoms with Gasteiger partial charge in [-0.3, -0.25) is 9.59 Å². The zero-order valence-corrected chi connectivity index (χ0v) is 14.9. The van der Waals surface area contributed by atoms with E-state index in [0.717, 1.165) is 38.5 Å². The fourth-order valence-corrected chi connectivity index (χ4v) is 5.47. The first kappa shape index (κ1) is 15.9. The van der Waals surface area contributed by atoms with E-state index in [1.54, 1.807) is 0 Å². The van der Waals surface area contributed by atoms with Crippen molar-refractivity contribution >= 4 is 11.8 Å². The average molecular weight is 326 g/mol. The Bertz CT molecular complexity index is 711. The monoisotopic (exact) mass is 326 g/mol. The van der Waals surface area contributed by atoms with E-state index in [9.17, 15) is 9.59 Å². The van der Waals surface area contributed by atoms with Gasteiger partial charge in [-0.1, -0.05) is 37.6 Å². The third kappa shape index (κ3) is 2.09. The number of hydrogen-bond donors (Lipinski definition) is 0. The van der Waals surface area contributed by atoms with Crippen molar-refractivity contribution < 1.29 is 14.3 Å². The molecule has 0 aromatic rings. The molecule has 128 valence electrons. The van der Waals surface area contributed by atoms with E-state index in [0.29, 0.717) is 11.7 Å². The summed E-state index contributed by atoms with van der Waals surface area (Å²) in [5, 5.41) is 0. The fourth-order valence-electron chi connectivity index (χ4n) is 5.47. The lowest BCUT2D eigenvalue weighted by atomic mass is 9.56. The molecule has 3 heteroatoms. The van der Waals surface area contributed by atoms with E-state index in [1.165, 1.54) is 23.6 Å². The largest absolute Gasteiger partial charge is 0.462 e. The van der Waals surface area contributed by atoms with Crippen LogP contribution in [0.2, 0.25) is 0 Å². The van der Waals surface area contributed by atoms with Crippen LogP contribution in [-0.2, 0) is 14.3 Å². The minimum absolute atomic E-state index is 0.0132. The predicted molar refractivity (Wildman–Crippen MR) is 92.2 cm³/mol. The summed E-state index contributed by atoms with van der Waals surface area (Å²) < 4.78 is 5.46. The first-order valence-electron chi connectivity index (χ1n) is 9.17. The minimum Gasteiger partial charge on any atom is -0.462 e. The minimum atomic E-state index is -0.189. The summed E-state index contributed by atoms with van der Waals surface area (Å²) in [4.78, 5) is 23.7. The van der Waals surface area contributed by atoms with Crippen LogP contribution in [0.5, 0.6) is 0 Å². The number of fused-ring (bicyclic) bond motifs is 5. The number of ether oxygens (including phenoxy) is 1. The first-order chi connectivity index (χ1) is 11.3. The second-order valence-corrected chi connectivity index (χ2v) is 8.37. The number of carbonyl (C=O) groups excluding carboxylic acids is 2. The fraction of sp³-hybridized carbons (Fsp3) is 0.619. The molecule has 0 aromatic heterocycles. The van der Waals surface area contributed by atoms with Crippen molar-refractivity contribution in [2.45, 2.75) is 65.4 Å². The topological polar surface area (TPSA) is 43.4 Å². The highest BCUT2D eigenvalue weighted by Crippen LogP contribution is 2.60. The Morgan fingerprint density at radius 2 is 2.04 bits per heavy atom. The third-order valence-corrected chi connectivity index (χ3v) is 7.00. The van der Waals surface area contributed by atoms with Gasteiger partial charge in [0.2, 0.25) is 0 Å². The molecule has 2 saturated carbocycles. The van der Waals surface area contributed by atoms with Crippen LogP contribution in [0.15, 0.2) is 34.9 Å². The maximum absolute atomic E-state index is 12.4. The third-order valence-electron chi connectivity index (χ3n) is 7.00. The highest BCUT2D eigenvalue weighted by Gasteiger charge is 2.53. The van der Waals surface area contributed by atoms with Crippen LogP contribution in [-0.4, -0.2) is 17.9 Å². The first-order valence-corrected chi connectivity index (χ1v) is 9.17. The summed E-state index contributed by atoms with van der Waals surface area (Å²) in [6.07, 6.45) is 12.2. The van der Waals surface area contributed by atoms with Gasteiger partial charge in [-0.2, -0.15) is 0 Å². The summed E-state index contributed by atoms with van der Waals surface area (Å²) in [6.45, 7) is 5.98. The number of allylic oxidation sites excluding steroid dienone is 5. The number of esters is 1. The summed E-state index contributed by atoms with van der Waals surface area (Å²) in [5.41, 5.74) is 4.08. The molecule has 0 amide bonds. The van der Waals surface area contributed by atoms with Gasteiger partial charge in [0.1, 0.15) is 11.9 Å². The number of ketones is 1. The molecule has 0 aliphatic heterocycles. The maximum Gasteiger partial charge on any atom is 0.302 e. The van der Waals surface area contributed by atoms with Crippen LogP contribution < -0.4 is 0 Å². The standard InChI is InChI=1S/C21H26O3/c1-13(22)24-15-8-10-20(2)14(12-15)4-5-16-17-6-7-19(23)21(17,3)11-9-18(16)20/h4-5,9,15,17H,6-8,10-12H2,1-3H3. The van der Waals surface area contributed by atoms with Crippen LogP contribution in [0, 0.1) is 16.7 Å². The normalized spacial score (nSPS) is 40.6. The van der Waals surface area contributed by atoms with Gasteiger partial charge in [0.25, 0.3) is 0 Å². The smallest absolute Gasteiger partial charge is 0.302 e. The second-order valence-electron chi connectivity index (χ2n) is 8.37. The molecule has 24 heavy (non-hydrogen) atoms. The Kier molecular flexibility index (Phi) is 3.42. The molecule has 2 fully saturated rings. The van der Waals surface area contributed by atoms with E-state index in [2.05, 4.69) is 32.1 Å². The lowest BCUT2D eigenvalue weighted by Crippen LogP contribution is -2.40. The van der Waals surface area contributed by atoms with Gasteiger partial charge in [0.05, 0.1) is 0 Å². The molecular weight excluding hydrogens is 300 g/mol. The summed E-state index contributed by atoms with van der Waals surface area (Å²) in [7, 11) is 0.